The van der Waals surface area contributed by atoms with Crippen molar-refractivity contribution in [2.75, 3.05) is 13.2 Å². The van der Waals surface area contributed by atoms with Gasteiger partial charge in [0.2, 0.25) is 5.91 Å². The van der Waals surface area contributed by atoms with E-state index in [1.165, 1.54) is 31.8 Å². The Hall–Kier alpha value is -2.37. The van der Waals surface area contributed by atoms with Crippen LogP contribution in [0, 0.1) is 5.92 Å². The molecule has 0 heterocycles. The van der Waals surface area contributed by atoms with Gasteiger partial charge in [0.1, 0.15) is 0 Å². The summed E-state index contributed by atoms with van der Waals surface area (Å²) in [6.45, 7) is 13.9. The van der Waals surface area contributed by atoms with Crippen molar-refractivity contribution in [2.45, 2.75) is 65.7 Å². The third-order valence-corrected chi connectivity index (χ3v) is 3.47. The largest absolute Gasteiger partial charge is 0.478 e. The average Bonchev–Trinajstić information content (AvgIpc) is 2.65. The highest BCUT2D eigenvalue weighted by molar-refractivity contribution is 5.89. The van der Waals surface area contributed by atoms with Gasteiger partial charge in [0, 0.05) is 18.2 Å². The number of ether oxygens (including phenoxy) is 1. The first-order valence-corrected chi connectivity index (χ1v) is 9.89. The molecule has 160 valence electrons. The van der Waals surface area contributed by atoms with E-state index in [0.717, 1.165) is 18.9 Å². The number of carboxylic acid groups (broad SMARTS) is 1. The summed E-state index contributed by atoms with van der Waals surface area (Å²) >= 11 is 0. The van der Waals surface area contributed by atoms with Crippen LogP contribution in [0.3, 0.4) is 0 Å². The summed E-state index contributed by atoms with van der Waals surface area (Å²) in [4.78, 5) is 32.4. The molecule has 0 aromatic carbocycles. The number of esters is 1. The molecule has 0 fully saturated rings. The molecule has 0 spiro atoms. The Morgan fingerprint density at radius 3 is 2.21 bits per heavy atom. The highest BCUT2D eigenvalue weighted by Crippen LogP contribution is 2.05. The number of rotatable bonds is 14. The highest BCUT2D eigenvalue weighted by atomic mass is 16.5. The Balaban J connectivity index is 0. The average molecular weight is 396 g/mol. The van der Waals surface area contributed by atoms with Gasteiger partial charge in [0.15, 0.2) is 0 Å². The minimum atomic E-state index is -0.981. The molecule has 6 nitrogen and oxygen atoms in total. The van der Waals surface area contributed by atoms with Crippen molar-refractivity contribution in [3.05, 3.63) is 37.0 Å². The molecule has 0 aliphatic heterocycles. The Labute approximate surface area is 169 Å². The fourth-order valence-electron chi connectivity index (χ4n) is 1.91. The summed E-state index contributed by atoms with van der Waals surface area (Å²) in [5.74, 6) is -1.20. The molecule has 0 unspecified atom stereocenters. The van der Waals surface area contributed by atoms with Crippen molar-refractivity contribution in [2.24, 2.45) is 5.92 Å². The van der Waals surface area contributed by atoms with E-state index in [2.05, 4.69) is 25.4 Å². The number of nitrogens with one attached hydrogen (secondary N) is 1. The molecule has 0 saturated carbocycles. The lowest BCUT2D eigenvalue weighted by atomic mass is 10.1. The first kappa shape index (κ1) is 27.8. The predicted molar refractivity (Wildman–Crippen MR) is 113 cm³/mol. The van der Waals surface area contributed by atoms with Gasteiger partial charge >= 0.3 is 11.9 Å². The van der Waals surface area contributed by atoms with Gasteiger partial charge in [-0.3, -0.25) is 4.79 Å². The van der Waals surface area contributed by atoms with Crippen LogP contribution in [-0.4, -0.2) is 36.1 Å². The van der Waals surface area contributed by atoms with Crippen molar-refractivity contribution in [3.8, 4) is 0 Å². The maximum absolute atomic E-state index is 11.6. The number of unbranched alkanes of at least 4 members (excludes halogenated alkanes) is 5. The predicted octanol–water partition coefficient (Wildman–Crippen LogP) is 4.42. The van der Waals surface area contributed by atoms with E-state index < -0.39 is 11.9 Å². The van der Waals surface area contributed by atoms with E-state index >= 15 is 0 Å². The summed E-state index contributed by atoms with van der Waals surface area (Å²) < 4.78 is 5.07. The number of hydrogen-bond donors (Lipinski definition) is 2. The summed E-state index contributed by atoms with van der Waals surface area (Å²) in [5, 5.41) is 10.4. The molecule has 28 heavy (non-hydrogen) atoms. The van der Waals surface area contributed by atoms with Gasteiger partial charge in [0.05, 0.1) is 6.61 Å². The fourth-order valence-corrected chi connectivity index (χ4v) is 1.91. The lowest BCUT2D eigenvalue weighted by Crippen LogP contribution is -2.22. The van der Waals surface area contributed by atoms with Gasteiger partial charge in [-0.25, -0.2) is 9.59 Å². The van der Waals surface area contributed by atoms with Crippen LogP contribution in [0.2, 0.25) is 0 Å². The third kappa shape index (κ3) is 21.7. The second-order valence-electron chi connectivity index (χ2n) is 6.80. The molecule has 0 aromatic heterocycles. The molecular formula is C22H37NO5. The molecule has 0 bridgehead atoms. The van der Waals surface area contributed by atoms with Gasteiger partial charge in [0.25, 0.3) is 0 Å². The van der Waals surface area contributed by atoms with Gasteiger partial charge in [-0.05, 0) is 24.8 Å². The molecule has 2 N–H and O–H groups in total. The van der Waals surface area contributed by atoms with Crippen LogP contribution in [0.15, 0.2) is 37.0 Å². The van der Waals surface area contributed by atoms with Crippen LogP contribution >= 0.6 is 0 Å². The van der Waals surface area contributed by atoms with Crippen LogP contribution in [0.5, 0.6) is 0 Å². The molecular weight excluding hydrogens is 358 g/mol. The van der Waals surface area contributed by atoms with Crippen molar-refractivity contribution in [1.29, 1.82) is 0 Å². The summed E-state index contributed by atoms with van der Waals surface area (Å²) in [5.41, 5.74) is 0.366. The number of carbonyl (C=O) groups is 3. The molecule has 6 heteroatoms. The molecule has 0 aliphatic rings. The topological polar surface area (TPSA) is 92.7 Å². The molecule has 1 amide bonds. The quantitative estimate of drug-likeness (QED) is 0.258. The van der Waals surface area contributed by atoms with Crippen molar-refractivity contribution >= 4 is 17.8 Å². The minimum absolute atomic E-state index is 0.123. The first-order chi connectivity index (χ1) is 13.2. The minimum Gasteiger partial charge on any atom is -0.478 e. The van der Waals surface area contributed by atoms with Gasteiger partial charge in [-0.1, -0.05) is 72.1 Å². The van der Waals surface area contributed by atoms with Crippen molar-refractivity contribution in [1.82, 2.24) is 5.32 Å². The Bertz CT molecular complexity index is 509. The Morgan fingerprint density at radius 1 is 1.11 bits per heavy atom. The standard InChI is InChI=1S/C19H33NO3.C3H4O2/c1-5-6-7-8-9-10-14-20-18(21)13-11-12-17(4)19(22)23-15-16(2)3;1-2-3(4)5/h11,13,16H,4-10,12,14-15H2,1-3H3,(H,20,21);2H,1H2,(H,4,5). The van der Waals surface area contributed by atoms with Crippen LogP contribution in [-0.2, 0) is 19.1 Å². The van der Waals surface area contributed by atoms with Crippen LogP contribution < -0.4 is 5.32 Å². The van der Waals surface area contributed by atoms with Gasteiger partial charge < -0.3 is 15.2 Å². The molecule has 0 radical (unpaired) electrons. The lowest BCUT2D eigenvalue weighted by Gasteiger charge is -2.07. The number of carboxylic acids is 1. The summed E-state index contributed by atoms with van der Waals surface area (Å²) in [7, 11) is 0. The number of amides is 1. The van der Waals surface area contributed by atoms with E-state index in [0.29, 0.717) is 31.1 Å². The zero-order valence-electron chi connectivity index (χ0n) is 17.7. The zero-order chi connectivity index (χ0) is 21.8. The van der Waals surface area contributed by atoms with Gasteiger partial charge in [-0.2, -0.15) is 0 Å². The van der Waals surface area contributed by atoms with Gasteiger partial charge in [-0.15, -0.1) is 0 Å². The van der Waals surface area contributed by atoms with Crippen LogP contribution in [0.1, 0.15) is 65.7 Å². The normalized spacial score (nSPS) is 10.1. The molecule has 0 rings (SSSR count). The third-order valence-electron chi connectivity index (χ3n) is 3.47. The monoisotopic (exact) mass is 395 g/mol. The van der Waals surface area contributed by atoms with E-state index in [1.807, 2.05) is 13.8 Å². The van der Waals surface area contributed by atoms with E-state index in [1.54, 1.807) is 6.08 Å². The first-order valence-electron chi connectivity index (χ1n) is 9.89. The zero-order valence-corrected chi connectivity index (χ0v) is 17.7. The van der Waals surface area contributed by atoms with E-state index in [-0.39, 0.29) is 5.91 Å². The van der Waals surface area contributed by atoms with Crippen molar-refractivity contribution in [3.63, 3.8) is 0 Å². The SMILES string of the molecule is C=C(CC=CC(=O)NCCCCCCCC)C(=O)OCC(C)C.C=CC(=O)O. The van der Waals surface area contributed by atoms with E-state index in [9.17, 15) is 14.4 Å². The maximum Gasteiger partial charge on any atom is 0.333 e. The smallest absolute Gasteiger partial charge is 0.333 e. The number of carbonyl (C=O) groups excluding carboxylic acids is 2. The fraction of sp³-hybridized carbons (Fsp3) is 0.591. The number of aliphatic carboxylic acids is 1. The Morgan fingerprint density at radius 2 is 1.68 bits per heavy atom. The number of allylic oxidation sites excluding steroid dienone is 1. The molecule has 0 saturated heterocycles. The van der Waals surface area contributed by atoms with Crippen LogP contribution in [0.4, 0.5) is 0 Å². The van der Waals surface area contributed by atoms with Crippen molar-refractivity contribution < 1.29 is 24.2 Å². The molecule has 0 aliphatic carbocycles. The second kappa shape index (κ2) is 19.4. The Kier molecular flexibility index (Phi) is 19.3. The summed E-state index contributed by atoms with van der Waals surface area (Å²) in [6.07, 6.45) is 11.5. The maximum atomic E-state index is 11.6. The summed E-state index contributed by atoms with van der Waals surface area (Å²) in [6, 6.07) is 0. The molecule has 0 aromatic rings. The second-order valence-corrected chi connectivity index (χ2v) is 6.80. The highest BCUT2D eigenvalue weighted by Gasteiger charge is 2.07. The lowest BCUT2D eigenvalue weighted by molar-refractivity contribution is -0.140. The number of hydrogen-bond acceptors (Lipinski definition) is 4. The molecule has 0 atom stereocenters. The van der Waals surface area contributed by atoms with Crippen LogP contribution in [0.25, 0.3) is 0 Å². The van der Waals surface area contributed by atoms with E-state index in [4.69, 9.17) is 9.84 Å².